The molecular formula is C14H19N3O2. The Bertz CT molecular complexity index is 484. The molecule has 2 heterocycles. The van der Waals surface area contributed by atoms with Crippen molar-refractivity contribution in [2.75, 3.05) is 44.0 Å². The zero-order chi connectivity index (χ0) is 13.2. The SMILES string of the molecule is CN(C(=O)c1cccc2c1NCCN2)C1CCOC1. The molecule has 19 heavy (non-hydrogen) atoms. The van der Waals surface area contributed by atoms with Gasteiger partial charge in [-0.25, -0.2) is 0 Å². The van der Waals surface area contributed by atoms with Crippen molar-refractivity contribution >= 4 is 17.3 Å². The number of benzene rings is 1. The monoisotopic (exact) mass is 261 g/mol. The van der Waals surface area contributed by atoms with Crippen molar-refractivity contribution in [1.29, 1.82) is 0 Å². The second-order valence-corrected chi connectivity index (χ2v) is 5.02. The minimum absolute atomic E-state index is 0.0588. The first-order valence-electron chi connectivity index (χ1n) is 6.73. The number of nitrogens with zero attached hydrogens (tertiary/aromatic N) is 1. The number of amides is 1. The molecule has 1 atom stereocenters. The second kappa shape index (κ2) is 5.09. The minimum Gasteiger partial charge on any atom is -0.382 e. The van der Waals surface area contributed by atoms with E-state index < -0.39 is 0 Å². The number of anilines is 2. The lowest BCUT2D eigenvalue weighted by atomic mass is 10.1. The predicted molar refractivity (Wildman–Crippen MR) is 74.7 cm³/mol. The fourth-order valence-electron chi connectivity index (χ4n) is 2.64. The number of hydrogen-bond donors (Lipinski definition) is 2. The number of para-hydroxylation sites is 1. The molecule has 1 saturated heterocycles. The van der Waals surface area contributed by atoms with Crippen LogP contribution in [0.3, 0.4) is 0 Å². The predicted octanol–water partition coefficient (Wildman–Crippen LogP) is 1.38. The van der Waals surface area contributed by atoms with Gasteiger partial charge in [-0.2, -0.15) is 0 Å². The van der Waals surface area contributed by atoms with Gasteiger partial charge in [0.15, 0.2) is 0 Å². The van der Waals surface area contributed by atoms with Crippen LogP contribution in [0.4, 0.5) is 11.4 Å². The van der Waals surface area contributed by atoms with Crippen molar-refractivity contribution in [3.05, 3.63) is 23.8 Å². The lowest BCUT2D eigenvalue weighted by Crippen LogP contribution is -2.38. The smallest absolute Gasteiger partial charge is 0.256 e. The standard InChI is InChI=1S/C14H19N3O2/c1-17(10-5-8-19-9-10)14(18)11-3-2-4-12-13(11)16-7-6-15-12/h2-4,10,15-16H,5-9H2,1H3. The maximum atomic E-state index is 12.6. The molecule has 0 aliphatic carbocycles. The molecule has 2 N–H and O–H groups in total. The zero-order valence-corrected chi connectivity index (χ0v) is 11.1. The largest absolute Gasteiger partial charge is 0.382 e. The van der Waals surface area contributed by atoms with Crippen LogP contribution in [-0.4, -0.2) is 50.2 Å². The van der Waals surface area contributed by atoms with Gasteiger partial charge in [-0.15, -0.1) is 0 Å². The molecule has 1 aromatic carbocycles. The molecule has 102 valence electrons. The molecule has 1 amide bonds. The normalized spacial score (nSPS) is 21.2. The summed E-state index contributed by atoms with van der Waals surface area (Å²) in [5, 5.41) is 6.62. The first kappa shape index (κ1) is 12.3. The van der Waals surface area contributed by atoms with E-state index in [1.807, 2.05) is 25.2 Å². The summed E-state index contributed by atoms with van der Waals surface area (Å²) in [6.07, 6.45) is 0.920. The van der Waals surface area contributed by atoms with Crippen molar-refractivity contribution in [2.45, 2.75) is 12.5 Å². The van der Waals surface area contributed by atoms with Crippen molar-refractivity contribution in [2.24, 2.45) is 0 Å². The van der Waals surface area contributed by atoms with Crippen molar-refractivity contribution in [3.63, 3.8) is 0 Å². The van der Waals surface area contributed by atoms with Gasteiger partial charge < -0.3 is 20.3 Å². The number of nitrogens with one attached hydrogen (secondary N) is 2. The Kier molecular flexibility index (Phi) is 3.29. The molecule has 1 unspecified atom stereocenters. The summed E-state index contributed by atoms with van der Waals surface area (Å²) >= 11 is 0. The van der Waals surface area contributed by atoms with E-state index in [-0.39, 0.29) is 11.9 Å². The van der Waals surface area contributed by atoms with Gasteiger partial charge >= 0.3 is 0 Å². The van der Waals surface area contributed by atoms with E-state index in [1.54, 1.807) is 4.90 Å². The number of hydrogen-bond acceptors (Lipinski definition) is 4. The minimum atomic E-state index is 0.0588. The third-order valence-corrected chi connectivity index (χ3v) is 3.81. The van der Waals surface area contributed by atoms with Gasteiger partial charge in [-0.1, -0.05) is 6.07 Å². The lowest BCUT2D eigenvalue weighted by molar-refractivity contribution is 0.0712. The van der Waals surface area contributed by atoms with Crippen LogP contribution in [0.15, 0.2) is 18.2 Å². The highest BCUT2D eigenvalue weighted by Gasteiger charge is 2.27. The molecule has 0 aromatic heterocycles. The summed E-state index contributed by atoms with van der Waals surface area (Å²) in [4.78, 5) is 14.4. The first-order chi connectivity index (χ1) is 9.27. The average molecular weight is 261 g/mol. The van der Waals surface area contributed by atoms with Gasteiger partial charge in [0.2, 0.25) is 0 Å². The molecule has 1 fully saturated rings. The highest BCUT2D eigenvalue weighted by atomic mass is 16.5. The summed E-state index contributed by atoms with van der Waals surface area (Å²) in [7, 11) is 1.86. The number of likely N-dealkylation sites (N-methyl/N-ethyl adjacent to an activating group) is 1. The van der Waals surface area contributed by atoms with E-state index in [1.165, 1.54) is 0 Å². The van der Waals surface area contributed by atoms with Gasteiger partial charge in [0.05, 0.1) is 29.6 Å². The molecule has 3 rings (SSSR count). The molecule has 0 radical (unpaired) electrons. The molecule has 5 nitrogen and oxygen atoms in total. The topological polar surface area (TPSA) is 53.6 Å². The maximum Gasteiger partial charge on any atom is 0.256 e. The summed E-state index contributed by atoms with van der Waals surface area (Å²) in [6, 6.07) is 6.00. The fourth-order valence-corrected chi connectivity index (χ4v) is 2.64. The van der Waals surface area contributed by atoms with Crippen LogP contribution >= 0.6 is 0 Å². The van der Waals surface area contributed by atoms with Crippen LogP contribution in [0.25, 0.3) is 0 Å². The van der Waals surface area contributed by atoms with Crippen molar-refractivity contribution < 1.29 is 9.53 Å². The fraction of sp³-hybridized carbons (Fsp3) is 0.500. The van der Waals surface area contributed by atoms with Crippen LogP contribution in [0, 0.1) is 0 Å². The van der Waals surface area contributed by atoms with E-state index in [9.17, 15) is 4.79 Å². The van der Waals surface area contributed by atoms with Crippen LogP contribution in [-0.2, 0) is 4.74 Å². The summed E-state index contributed by atoms with van der Waals surface area (Å²) in [5.41, 5.74) is 2.66. The molecule has 0 bridgehead atoms. The highest BCUT2D eigenvalue weighted by Crippen LogP contribution is 2.29. The van der Waals surface area contributed by atoms with Gasteiger partial charge in [-0.3, -0.25) is 4.79 Å². The van der Waals surface area contributed by atoms with Crippen LogP contribution in [0.2, 0.25) is 0 Å². The molecule has 5 heteroatoms. The second-order valence-electron chi connectivity index (χ2n) is 5.02. The van der Waals surface area contributed by atoms with E-state index in [4.69, 9.17) is 4.74 Å². The average Bonchev–Trinajstić information content (AvgIpc) is 2.99. The van der Waals surface area contributed by atoms with Gasteiger partial charge in [-0.05, 0) is 18.6 Å². The Balaban J connectivity index is 1.86. The van der Waals surface area contributed by atoms with Crippen LogP contribution in [0.5, 0.6) is 0 Å². The summed E-state index contributed by atoms with van der Waals surface area (Å²) in [5.74, 6) is 0.0588. The number of ether oxygens (including phenoxy) is 1. The Morgan fingerprint density at radius 1 is 1.37 bits per heavy atom. The molecule has 2 aliphatic heterocycles. The number of carbonyl (C=O) groups is 1. The number of fused-ring (bicyclic) bond motifs is 1. The van der Waals surface area contributed by atoms with Gasteiger partial charge in [0, 0.05) is 26.7 Å². The Morgan fingerprint density at radius 3 is 3.00 bits per heavy atom. The molecule has 0 saturated carbocycles. The Hall–Kier alpha value is -1.75. The molecule has 2 aliphatic rings. The lowest BCUT2D eigenvalue weighted by Gasteiger charge is -2.27. The maximum absolute atomic E-state index is 12.6. The van der Waals surface area contributed by atoms with E-state index in [2.05, 4.69) is 10.6 Å². The first-order valence-corrected chi connectivity index (χ1v) is 6.73. The Labute approximate surface area is 112 Å². The quantitative estimate of drug-likeness (QED) is 0.844. The summed E-state index contributed by atoms with van der Waals surface area (Å²) < 4.78 is 5.36. The van der Waals surface area contributed by atoms with Crippen LogP contribution < -0.4 is 10.6 Å². The Morgan fingerprint density at radius 2 is 2.21 bits per heavy atom. The van der Waals surface area contributed by atoms with E-state index in [0.717, 1.165) is 43.1 Å². The number of carbonyl (C=O) groups excluding carboxylic acids is 1. The molecular weight excluding hydrogens is 242 g/mol. The van der Waals surface area contributed by atoms with Crippen molar-refractivity contribution in [1.82, 2.24) is 4.90 Å². The van der Waals surface area contributed by atoms with E-state index in [0.29, 0.717) is 6.61 Å². The number of rotatable bonds is 2. The van der Waals surface area contributed by atoms with Crippen molar-refractivity contribution in [3.8, 4) is 0 Å². The third kappa shape index (κ3) is 2.26. The highest BCUT2D eigenvalue weighted by molar-refractivity contribution is 6.02. The third-order valence-electron chi connectivity index (χ3n) is 3.81. The van der Waals surface area contributed by atoms with Gasteiger partial charge in [0.1, 0.15) is 0 Å². The zero-order valence-electron chi connectivity index (χ0n) is 11.1. The van der Waals surface area contributed by atoms with E-state index >= 15 is 0 Å². The molecule has 1 aromatic rings. The van der Waals surface area contributed by atoms with Crippen LogP contribution in [0.1, 0.15) is 16.8 Å². The molecule has 0 spiro atoms. The summed E-state index contributed by atoms with van der Waals surface area (Å²) in [6.45, 7) is 3.11. The van der Waals surface area contributed by atoms with Gasteiger partial charge in [0.25, 0.3) is 5.91 Å².